The molecule has 1 aromatic heterocycles. The largest absolute Gasteiger partial charge is 0.337 e. The smallest absolute Gasteiger partial charge is 0.272 e. The van der Waals surface area contributed by atoms with Crippen molar-refractivity contribution in [1.29, 1.82) is 0 Å². The molecular formula is C11H14ClN3O3S. The highest BCUT2D eigenvalue weighted by Crippen LogP contribution is 2.19. The zero-order valence-corrected chi connectivity index (χ0v) is 11.7. The van der Waals surface area contributed by atoms with Gasteiger partial charge in [0.05, 0.1) is 10.8 Å². The summed E-state index contributed by atoms with van der Waals surface area (Å²) >= 11 is 5.70. The summed E-state index contributed by atoms with van der Waals surface area (Å²) in [6.07, 6.45) is 2.04. The van der Waals surface area contributed by atoms with E-state index in [0.717, 1.165) is 0 Å². The van der Waals surface area contributed by atoms with Crippen LogP contribution in [0.5, 0.6) is 0 Å². The fraction of sp³-hybridized carbons (Fsp3) is 0.455. The molecule has 6 nitrogen and oxygen atoms in total. The van der Waals surface area contributed by atoms with E-state index < -0.39 is 10.0 Å². The van der Waals surface area contributed by atoms with Gasteiger partial charge in [0.1, 0.15) is 5.69 Å². The lowest BCUT2D eigenvalue weighted by atomic mass is 10.2. The van der Waals surface area contributed by atoms with Gasteiger partial charge >= 0.3 is 0 Å². The summed E-state index contributed by atoms with van der Waals surface area (Å²) in [5, 5.41) is 5.47. The molecule has 0 aliphatic carbocycles. The van der Waals surface area contributed by atoms with Crippen LogP contribution < -0.4 is 5.14 Å². The first-order chi connectivity index (χ1) is 8.85. The summed E-state index contributed by atoms with van der Waals surface area (Å²) in [5.41, 5.74) is 0.306. The number of aromatic nitrogens is 1. The number of hydrogen-bond acceptors (Lipinski definition) is 4. The van der Waals surface area contributed by atoms with Gasteiger partial charge in [-0.15, -0.1) is 0 Å². The third-order valence-corrected chi connectivity index (χ3v) is 4.15. The fourth-order valence-corrected chi connectivity index (χ4v) is 3.19. The van der Waals surface area contributed by atoms with Crippen LogP contribution in [0.1, 0.15) is 16.9 Å². The Morgan fingerprint density at radius 3 is 2.84 bits per heavy atom. The number of rotatable bonds is 3. The molecule has 0 saturated carbocycles. The normalized spacial score (nSPS) is 19.7. The first-order valence-corrected chi connectivity index (χ1v) is 7.86. The highest BCUT2D eigenvalue weighted by molar-refractivity contribution is 7.89. The summed E-state index contributed by atoms with van der Waals surface area (Å²) in [6.45, 7) is 0.906. The number of nitrogens with zero attached hydrogens (tertiary/aromatic N) is 2. The SMILES string of the molecule is NS(=O)(=O)CC1CCN(C(=O)c2ccc(Cl)cn2)C1. The van der Waals surface area contributed by atoms with Crippen LogP contribution in [0.25, 0.3) is 0 Å². The van der Waals surface area contributed by atoms with Gasteiger partial charge in [-0.25, -0.2) is 18.5 Å². The third kappa shape index (κ3) is 3.89. The lowest BCUT2D eigenvalue weighted by Gasteiger charge is -2.15. The van der Waals surface area contributed by atoms with Crippen LogP contribution in [0.3, 0.4) is 0 Å². The predicted molar refractivity (Wildman–Crippen MR) is 71.2 cm³/mol. The summed E-state index contributed by atoms with van der Waals surface area (Å²) in [4.78, 5) is 17.7. The molecule has 1 saturated heterocycles. The van der Waals surface area contributed by atoms with Gasteiger partial charge in [0, 0.05) is 19.3 Å². The second-order valence-corrected chi connectivity index (χ2v) is 6.69. The van der Waals surface area contributed by atoms with Crippen molar-refractivity contribution in [1.82, 2.24) is 9.88 Å². The Bertz CT molecular complexity index is 573. The average molecular weight is 304 g/mol. The van der Waals surface area contributed by atoms with Crippen molar-refractivity contribution in [2.75, 3.05) is 18.8 Å². The fourth-order valence-electron chi connectivity index (χ4n) is 2.15. The molecule has 1 amide bonds. The zero-order valence-electron chi connectivity index (χ0n) is 10.1. The Hall–Kier alpha value is -1.18. The maximum atomic E-state index is 12.1. The minimum Gasteiger partial charge on any atom is -0.337 e. The summed E-state index contributed by atoms with van der Waals surface area (Å²) in [7, 11) is -3.50. The molecule has 2 rings (SSSR count). The monoisotopic (exact) mass is 303 g/mol. The first-order valence-electron chi connectivity index (χ1n) is 5.76. The Kier molecular flexibility index (Phi) is 4.07. The number of amides is 1. The predicted octanol–water partition coefficient (Wildman–Crippen LogP) is 0.486. The molecule has 1 aromatic rings. The van der Waals surface area contributed by atoms with E-state index in [-0.39, 0.29) is 17.6 Å². The molecule has 1 aliphatic heterocycles. The number of hydrogen-bond donors (Lipinski definition) is 1. The molecule has 0 spiro atoms. The van der Waals surface area contributed by atoms with E-state index in [1.165, 1.54) is 6.20 Å². The molecule has 1 fully saturated rings. The Labute approximate surface area is 116 Å². The van der Waals surface area contributed by atoms with Crippen molar-refractivity contribution in [2.24, 2.45) is 11.1 Å². The number of pyridine rings is 1. The number of sulfonamides is 1. The second-order valence-electron chi connectivity index (χ2n) is 4.60. The lowest BCUT2D eigenvalue weighted by molar-refractivity contribution is 0.0782. The highest BCUT2D eigenvalue weighted by Gasteiger charge is 2.29. The molecule has 19 heavy (non-hydrogen) atoms. The third-order valence-electron chi connectivity index (χ3n) is 2.99. The van der Waals surface area contributed by atoms with Crippen molar-refractivity contribution in [2.45, 2.75) is 6.42 Å². The number of nitrogens with two attached hydrogens (primary N) is 1. The molecule has 0 radical (unpaired) electrons. The van der Waals surface area contributed by atoms with Gasteiger partial charge < -0.3 is 4.90 Å². The van der Waals surface area contributed by atoms with Gasteiger partial charge in [-0.05, 0) is 24.5 Å². The van der Waals surface area contributed by atoms with E-state index in [2.05, 4.69) is 4.98 Å². The van der Waals surface area contributed by atoms with E-state index in [9.17, 15) is 13.2 Å². The zero-order chi connectivity index (χ0) is 14.0. The van der Waals surface area contributed by atoms with Crippen molar-refractivity contribution >= 4 is 27.5 Å². The second kappa shape index (κ2) is 5.44. The maximum Gasteiger partial charge on any atom is 0.272 e. The van der Waals surface area contributed by atoms with Crippen LogP contribution in [0.2, 0.25) is 5.02 Å². The average Bonchev–Trinajstić information content (AvgIpc) is 2.75. The van der Waals surface area contributed by atoms with Crippen LogP contribution >= 0.6 is 11.6 Å². The molecule has 2 N–H and O–H groups in total. The van der Waals surface area contributed by atoms with Crippen LogP contribution in [0.15, 0.2) is 18.3 Å². The molecule has 2 heterocycles. The van der Waals surface area contributed by atoms with Crippen molar-refractivity contribution in [3.63, 3.8) is 0 Å². The molecule has 8 heteroatoms. The molecule has 104 valence electrons. The van der Waals surface area contributed by atoms with Crippen LogP contribution in [0, 0.1) is 5.92 Å². The highest BCUT2D eigenvalue weighted by atomic mass is 35.5. The summed E-state index contributed by atoms with van der Waals surface area (Å²) in [6, 6.07) is 3.15. The number of halogens is 1. The summed E-state index contributed by atoms with van der Waals surface area (Å²) in [5.74, 6) is -0.412. The minimum atomic E-state index is -3.50. The summed E-state index contributed by atoms with van der Waals surface area (Å²) < 4.78 is 22.0. The van der Waals surface area contributed by atoms with Crippen molar-refractivity contribution in [3.05, 3.63) is 29.0 Å². The van der Waals surface area contributed by atoms with Gasteiger partial charge in [0.25, 0.3) is 5.91 Å². The van der Waals surface area contributed by atoms with Crippen LogP contribution in [0.4, 0.5) is 0 Å². The van der Waals surface area contributed by atoms with Gasteiger partial charge in [0.15, 0.2) is 0 Å². The van der Waals surface area contributed by atoms with E-state index in [4.69, 9.17) is 16.7 Å². The molecule has 1 atom stereocenters. The van der Waals surface area contributed by atoms with E-state index >= 15 is 0 Å². The molecule has 1 aliphatic rings. The van der Waals surface area contributed by atoms with Crippen LogP contribution in [-0.4, -0.2) is 43.1 Å². The molecule has 1 unspecified atom stereocenters. The number of primary sulfonamides is 1. The van der Waals surface area contributed by atoms with E-state index in [1.807, 2.05) is 0 Å². The van der Waals surface area contributed by atoms with Crippen molar-refractivity contribution in [3.8, 4) is 0 Å². The molecule has 0 bridgehead atoms. The minimum absolute atomic E-state index is 0.0924. The van der Waals surface area contributed by atoms with Gasteiger partial charge in [0.2, 0.25) is 10.0 Å². The topological polar surface area (TPSA) is 93.4 Å². The van der Waals surface area contributed by atoms with Gasteiger partial charge in [-0.2, -0.15) is 0 Å². The quantitative estimate of drug-likeness (QED) is 0.879. The number of carbonyl (C=O) groups excluding carboxylic acids is 1. The number of carbonyl (C=O) groups is 1. The first kappa shape index (κ1) is 14.2. The van der Waals surface area contributed by atoms with E-state index in [1.54, 1.807) is 17.0 Å². The Morgan fingerprint density at radius 2 is 2.26 bits per heavy atom. The molecular weight excluding hydrogens is 290 g/mol. The van der Waals surface area contributed by atoms with Gasteiger partial charge in [-0.3, -0.25) is 4.79 Å². The maximum absolute atomic E-state index is 12.1. The Balaban J connectivity index is 2.01. The Morgan fingerprint density at radius 1 is 1.53 bits per heavy atom. The van der Waals surface area contributed by atoms with E-state index in [0.29, 0.717) is 30.2 Å². The van der Waals surface area contributed by atoms with Crippen molar-refractivity contribution < 1.29 is 13.2 Å². The standard InChI is InChI=1S/C11H14ClN3O3S/c12-9-1-2-10(14-5-9)11(16)15-4-3-8(6-15)7-19(13,17)18/h1-2,5,8H,3-4,6-7H2,(H2,13,17,18). The van der Waals surface area contributed by atoms with Crippen LogP contribution in [-0.2, 0) is 10.0 Å². The van der Waals surface area contributed by atoms with Gasteiger partial charge in [-0.1, -0.05) is 11.6 Å². The molecule has 0 aromatic carbocycles. The number of likely N-dealkylation sites (tertiary alicyclic amines) is 1. The lowest BCUT2D eigenvalue weighted by Crippen LogP contribution is -2.31.